The molecule has 1 aliphatic heterocycles. The summed E-state index contributed by atoms with van der Waals surface area (Å²) in [6.45, 7) is 2.27. The second kappa shape index (κ2) is 8.88. The molecule has 3 aliphatic rings. The van der Waals surface area contributed by atoms with E-state index >= 15 is 0 Å². The maximum Gasteiger partial charge on any atom is 0.325 e. The summed E-state index contributed by atoms with van der Waals surface area (Å²) in [6.07, 6.45) is 8.57. The molecule has 7 unspecified atom stereocenters. The van der Waals surface area contributed by atoms with Gasteiger partial charge in [-0.2, -0.15) is 0 Å². The number of hydrazine groups is 1. The summed E-state index contributed by atoms with van der Waals surface area (Å²) in [5, 5.41) is 1.40. The van der Waals surface area contributed by atoms with Crippen molar-refractivity contribution >= 4 is 17.6 Å². The number of esters is 1. The molecular weight excluding hydrogens is 359 g/mol. The monoisotopic (exact) mass is 386 g/mol. The van der Waals surface area contributed by atoms with Gasteiger partial charge in [-0.15, -0.1) is 18.0 Å². The van der Waals surface area contributed by atoms with Crippen LogP contribution in [0, 0.1) is 18.3 Å². The number of hydrogen-bond donors (Lipinski definition) is 1. The van der Waals surface area contributed by atoms with Gasteiger partial charge in [0, 0.05) is 12.0 Å². The topological polar surface area (TPSA) is 50.8 Å². The van der Waals surface area contributed by atoms with Crippen molar-refractivity contribution < 1.29 is 18.7 Å². The van der Waals surface area contributed by atoms with Crippen LogP contribution < -0.4 is 5.43 Å². The number of alkyl halides is 2. The number of hydrogen-bond acceptors (Lipinski definition) is 5. The quantitative estimate of drug-likeness (QED) is 0.447. The standard InChI is InChI=1S/C19H28ClFN2O3/c1-3-9-26-17-11-16(14(21)10-13(17)20)23-18(19(24)25-4-2)12-7-5-6-8-15(12)22-23/h1,12-18,22H,4-11H2,2H3. The second-order valence-electron chi connectivity index (χ2n) is 7.41. The predicted octanol–water partition coefficient (Wildman–Crippen LogP) is 2.42. The van der Waals surface area contributed by atoms with Crippen LogP contribution in [0.25, 0.3) is 0 Å². The van der Waals surface area contributed by atoms with Crippen LogP contribution in [0.2, 0.25) is 0 Å². The zero-order valence-electron chi connectivity index (χ0n) is 15.2. The molecule has 7 heteroatoms. The van der Waals surface area contributed by atoms with Crippen molar-refractivity contribution in [2.75, 3.05) is 13.2 Å². The Kier molecular flexibility index (Phi) is 6.79. The van der Waals surface area contributed by atoms with Gasteiger partial charge in [0.15, 0.2) is 0 Å². The van der Waals surface area contributed by atoms with Crippen LogP contribution in [0.1, 0.15) is 45.4 Å². The zero-order chi connectivity index (χ0) is 18.7. The lowest BCUT2D eigenvalue weighted by atomic mass is 9.81. The molecule has 0 amide bonds. The first kappa shape index (κ1) is 19.9. The van der Waals surface area contributed by atoms with Gasteiger partial charge in [0.1, 0.15) is 18.8 Å². The van der Waals surface area contributed by atoms with Crippen molar-refractivity contribution in [3.63, 3.8) is 0 Å². The molecule has 0 radical (unpaired) electrons. The zero-order valence-corrected chi connectivity index (χ0v) is 16.0. The van der Waals surface area contributed by atoms with Crippen LogP contribution in [0.3, 0.4) is 0 Å². The first-order valence-electron chi connectivity index (χ1n) is 9.61. The Bertz CT molecular complexity index is 543. The molecule has 26 heavy (non-hydrogen) atoms. The summed E-state index contributed by atoms with van der Waals surface area (Å²) >= 11 is 6.29. The molecule has 7 atom stereocenters. The highest BCUT2D eigenvalue weighted by Gasteiger charge is 2.52. The second-order valence-corrected chi connectivity index (χ2v) is 7.97. The molecule has 1 N–H and O–H groups in total. The molecule has 2 saturated carbocycles. The predicted molar refractivity (Wildman–Crippen MR) is 97.3 cm³/mol. The Hall–Kier alpha value is -0.870. The van der Waals surface area contributed by atoms with Crippen molar-refractivity contribution in [3.8, 4) is 12.3 Å². The molecule has 5 nitrogen and oxygen atoms in total. The minimum absolute atomic E-state index is 0.150. The van der Waals surface area contributed by atoms with Crippen LogP contribution >= 0.6 is 11.6 Å². The Morgan fingerprint density at radius 1 is 1.38 bits per heavy atom. The number of fused-ring (bicyclic) bond motifs is 1. The first-order valence-corrected chi connectivity index (χ1v) is 10.0. The molecule has 1 heterocycles. The van der Waals surface area contributed by atoms with E-state index in [2.05, 4.69) is 11.3 Å². The maximum atomic E-state index is 14.9. The summed E-state index contributed by atoms with van der Waals surface area (Å²) in [6, 6.07) is -0.736. The van der Waals surface area contributed by atoms with E-state index in [1.807, 2.05) is 5.01 Å². The van der Waals surface area contributed by atoms with E-state index in [0.29, 0.717) is 13.0 Å². The van der Waals surface area contributed by atoms with Gasteiger partial charge in [-0.05, 0) is 32.6 Å². The fraction of sp³-hybridized carbons (Fsp3) is 0.842. The third-order valence-electron chi connectivity index (χ3n) is 5.85. The molecule has 3 rings (SSSR count). The normalized spacial score (nSPS) is 40.6. The maximum absolute atomic E-state index is 14.9. The van der Waals surface area contributed by atoms with E-state index in [4.69, 9.17) is 27.5 Å². The van der Waals surface area contributed by atoms with Crippen LogP contribution in [-0.2, 0) is 14.3 Å². The van der Waals surface area contributed by atoms with Gasteiger partial charge in [0.2, 0.25) is 0 Å². The molecule has 0 aromatic rings. The minimum atomic E-state index is -1.13. The van der Waals surface area contributed by atoms with E-state index in [-0.39, 0.29) is 37.1 Å². The lowest BCUT2D eigenvalue weighted by Gasteiger charge is -2.41. The van der Waals surface area contributed by atoms with Gasteiger partial charge >= 0.3 is 5.97 Å². The third kappa shape index (κ3) is 4.01. The van der Waals surface area contributed by atoms with Crippen LogP contribution in [0.4, 0.5) is 4.39 Å². The number of nitrogens with one attached hydrogen (secondary N) is 1. The van der Waals surface area contributed by atoms with Gasteiger partial charge in [-0.1, -0.05) is 18.8 Å². The van der Waals surface area contributed by atoms with Gasteiger partial charge in [0.05, 0.1) is 24.1 Å². The number of rotatable bonds is 5. The largest absolute Gasteiger partial charge is 0.465 e. The molecule has 0 aromatic heterocycles. The smallest absolute Gasteiger partial charge is 0.325 e. The van der Waals surface area contributed by atoms with E-state index in [9.17, 15) is 9.18 Å². The van der Waals surface area contributed by atoms with Gasteiger partial charge < -0.3 is 9.47 Å². The number of carbonyl (C=O) groups excluding carboxylic acids is 1. The van der Waals surface area contributed by atoms with Crippen molar-refractivity contribution in [2.24, 2.45) is 5.92 Å². The average Bonchev–Trinajstić information content (AvgIpc) is 3.00. The Labute approximate surface area is 159 Å². The molecule has 2 aliphatic carbocycles. The molecule has 0 spiro atoms. The van der Waals surface area contributed by atoms with E-state index in [1.165, 1.54) is 0 Å². The summed E-state index contributed by atoms with van der Waals surface area (Å²) in [5.74, 6) is 2.33. The Balaban J connectivity index is 1.79. The third-order valence-corrected chi connectivity index (χ3v) is 6.31. The van der Waals surface area contributed by atoms with Crippen molar-refractivity contribution in [1.29, 1.82) is 0 Å². The number of ether oxygens (including phenoxy) is 2. The van der Waals surface area contributed by atoms with Gasteiger partial charge in [-0.25, -0.2) is 9.40 Å². The molecular formula is C19H28ClFN2O3. The highest BCUT2D eigenvalue weighted by atomic mass is 35.5. The van der Waals surface area contributed by atoms with Gasteiger partial charge in [-0.3, -0.25) is 10.2 Å². The number of halogens is 2. The Morgan fingerprint density at radius 2 is 2.15 bits per heavy atom. The van der Waals surface area contributed by atoms with E-state index in [1.54, 1.807) is 6.92 Å². The highest BCUT2D eigenvalue weighted by Crippen LogP contribution is 2.40. The summed E-state index contributed by atoms with van der Waals surface area (Å²) in [7, 11) is 0. The van der Waals surface area contributed by atoms with Crippen molar-refractivity contribution in [2.45, 2.75) is 81.2 Å². The lowest BCUT2D eigenvalue weighted by molar-refractivity contribution is -0.153. The molecule has 0 bridgehead atoms. The SMILES string of the molecule is C#CCOC1CC(N2NC3CCCCC3C2C(=O)OCC)C(F)CC1Cl. The highest BCUT2D eigenvalue weighted by molar-refractivity contribution is 6.21. The summed E-state index contributed by atoms with van der Waals surface area (Å²) in [4.78, 5) is 12.7. The van der Waals surface area contributed by atoms with Crippen molar-refractivity contribution in [3.05, 3.63) is 0 Å². The number of carbonyl (C=O) groups is 1. The van der Waals surface area contributed by atoms with Gasteiger partial charge in [0.25, 0.3) is 0 Å². The average molecular weight is 387 g/mol. The Morgan fingerprint density at radius 3 is 2.88 bits per heavy atom. The van der Waals surface area contributed by atoms with Crippen LogP contribution in [0.15, 0.2) is 0 Å². The van der Waals surface area contributed by atoms with Crippen LogP contribution in [-0.4, -0.2) is 60.0 Å². The fourth-order valence-corrected chi connectivity index (χ4v) is 5.01. The molecule has 3 fully saturated rings. The van der Waals surface area contributed by atoms with Crippen LogP contribution in [0.5, 0.6) is 0 Å². The number of terminal acetylenes is 1. The first-order chi connectivity index (χ1) is 12.6. The summed E-state index contributed by atoms with van der Waals surface area (Å²) in [5.41, 5.74) is 3.43. The minimum Gasteiger partial charge on any atom is -0.465 e. The van der Waals surface area contributed by atoms with E-state index in [0.717, 1.165) is 25.7 Å². The molecule has 1 saturated heterocycles. The fourth-order valence-electron chi connectivity index (χ4n) is 4.67. The van der Waals surface area contributed by atoms with E-state index < -0.39 is 23.6 Å². The molecule has 146 valence electrons. The lowest BCUT2D eigenvalue weighted by Crippen LogP contribution is -2.58. The number of nitrogens with zero attached hydrogens (tertiary/aromatic N) is 1. The molecule has 0 aromatic carbocycles. The van der Waals surface area contributed by atoms with Crippen molar-refractivity contribution in [1.82, 2.24) is 10.4 Å². The summed E-state index contributed by atoms with van der Waals surface area (Å²) < 4.78 is 25.9.